The molecule has 0 radical (unpaired) electrons. The molecule has 20 heavy (non-hydrogen) atoms. The highest BCUT2D eigenvalue weighted by Gasteiger charge is 2.32. The fourth-order valence-corrected chi connectivity index (χ4v) is 4.93. The molecule has 0 saturated heterocycles. The summed E-state index contributed by atoms with van der Waals surface area (Å²) in [5, 5.41) is 9.25. The van der Waals surface area contributed by atoms with Crippen LogP contribution in [0.25, 0.3) is 0 Å². The highest BCUT2D eigenvalue weighted by Crippen LogP contribution is 2.35. The average Bonchev–Trinajstić information content (AvgIpc) is 3.19. The number of carboxylic acids is 1. The molecule has 0 amide bonds. The first-order valence-electron chi connectivity index (χ1n) is 7.01. The minimum atomic E-state index is -3.40. The van der Waals surface area contributed by atoms with Crippen molar-refractivity contribution in [2.75, 3.05) is 5.75 Å². The molecule has 4 nitrogen and oxygen atoms in total. The van der Waals surface area contributed by atoms with Gasteiger partial charge >= 0.3 is 5.97 Å². The number of hydrogen-bond acceptors (Lipinski definition) is 3. The second-order valence-corrected chi connectivity index (χ2v) is 7.29. The molecule has 0 aliphatic heterocycles. The number of aryl methyl sites for hydroxylation is 1. The molecule has 2 rings (SSSR count). The standard InChI is InChI=1S/C15H20O4S/c1-3-11-7-8-13(15(16)17)12(4-2)14(11)20(18,19)9-10-5-6-10/h7-8,10H,3-6,9H2,1-2H3,(H,16,17). The summed E-state index contributed by atoms with van der Waals surface area (Å²) in [5.74, 6) is -0.661. The summed E-state index contributed by atoms with van der Waals surface area (Å²) in [6, 6.07) is 3.17. The molecule has 0 spiro atoms. The smallest absolute Gasteiger partial charge is 0.336 e. The van der Waals surface area contributed by atoms with Crippen molar-refractivity contribution in [2.45, 2.75) is 44.4 Å². The lowest BCUT2D eigenvalue weighted by Crippen LogP contribution is -2.16. The first-order valence-corrected chi connectivity index (χ1v) is 8.66. The minimum absolute atomic E-state index is 0.110. The molecule has 1 aromatic rings. The van der Waals surface area contributed by atoms with Crippen molar-refractivity contribution in [2.24, 2.45) is 5.92 Å². The van der Waals surface area contributed by atoms with Crippen molar-refractivity contribution < 1.29 is 18.3 Å². The van der Waals surface area contributed by atoms with Gasteiger partial charge in [0.05, 0.1) is 16.2 Å². The molecule has 0 unspecified atom stereocenters. The van der Waals surface area contributed by atoms with E-state index in [9.17, 15) is 18.3 Å². The third-order valence-electron chi connectivity index (χ3n) is 3.77. The van der Waals surface area contributed by atoms with E-state index in [0.717, 1.165) is 18.4 Å². The molecule has 0 bridgehead atoms. The maximum absolute atomic E-state index is 12.6. The second-order valence-electron chi connectivity index (χ2n) is 5.32. The molecule has 1 N–H and O–H groups in total. The van der Waals surface area contributed by atoms with Crippen LogP contribution >= 0.6 is 0 Å². The van der Waals surface area contributed by atoms with E-state index in [1.807, 2.05) is 6.92 Å². The Labute approximate surface area is 119 Å². The number of rotatable bonds is 6. The summed E-state index contributed by atoms with van der Waals surface area (Å²) in [6.07, 6.45) is 2.92. The Morgan fingerprint density at radius 2 is 1.90 bits per heavy atom. The number of aromatic carboxylic acids is 1. The molecule has 1 aromatic carbocycles. The third kappa shape index (κ3) is 2.87. The lowest BCUT2D eigenvalue weighted by molar-refractivity contribution is 0.0695. The quantitative estimate of drug-likeness (QED) is 0.876. The van der Waals surface area contributed by atoms with Crippen molar-refractivity contribution >= 4 is 15.8 Å². The fourth-order valence-electron chi connectivity index (χ4n) is 2.57. The van der Waals surface area contributed by atoms with Crippen LogP contribution in [0.5, 0.6) is 0 Å². The summed E-state index contributed by atoms with van der Waals surface area (Å²) in [7, 11) is -3.40. The maximum atomic E-state index is 12.6. The van der Waals surface area contributed by atoms with Crippen LogP contribution in [0.3, 0.4) is 0 Å². The molecule has 1 aliphatic carbocycles. The summed E-state index contributed by atoms with van der Waals surface area (Å²) >= 11 is 0. The van der Waals surface area contributed by atoms with E-state index in [4.69, 9.17) is 0 Å². The van der Waals surface area contributed by atoms with Crippen LogP contribution in [0.15, 0.2) is 17.0 Å². The predicted octanol–water partition coefficient (Wildman–Crippen LogP) is 2.69. The van der Waals surface area contributed by atoms with E-state index in [0.29, 0.717) is 18.4 Å². The summed E-state index contributed by atoms with van der Waals surface area (Å²) < 4.78 is 25.2. The molecular weight excluding hydrogens is 276 g/mol. The first kappa shape index (κ1) is 15.0. The van der Waals surface area contributed by atoms with Gasteiger partial charge in [-0.25, -0.2) is 13.2 Å². The molecular formula is C15H20O4S. The molecule has 5 heteroatoms. The van der Waals surface area contributed by atoms with E-state index < -0.39 is 15.8 Å². The summed E-state index contributed by atoms with van der Waals surface area (Å²) in [6.45, 7) is 3.70. The van der Waals surface area contributed by atoms with Crippen LogP contribution in [0.1, 0.15) is 48.2 Å². The van der Waals surface area contributed by atoms with Gasteiger partial charge in [-0.3, -0.25) is 0 Å². The van der Waals surface area contributed by atoms with Crippen molar-refractivity contribution in [1.29, 1.82) is 0 Å². The molecule has 1 fully saturated rings. The fraction of sp³-hybridized carbons (Fsp3) is 0.533. The van der Waals surface area contributed by atoms with Gasteiger partial charge in [0.15, 0.2) is 9.84 Å². The first-order chi connectivity index (χ1) is 9.40. The number of benzene rings is 1. The summed E-state index contributed by atoms with van der Waals surface area (Å²) in [4.78, 5) is 11.6. The van der Waals surface area contributed by atoms with Gasteiger partial charge < -0.3 is 5.11 Å². The largest absolute Gasteiger partial charge is 0.478 e. The third-order valence-corrected chi connectivity index (χ3v) is 5.81. The van der Waals surface area contributed by atoms with Gasteiger partial charge in [0.25, 0.3) is 0 Å². The number of sulfone groups is 1. The Morgan fingerprint density at radius 1 is 1.25 bits per heavy atom. The van der Waals surface area contributed by atoms with Crippen LogP contribution in [0.2, 0.25) is 0 Å². The lowest BCUT2D eigenvalue weighted by atomic mass is 10.0. The molecule has 1 aliphatic rings. The molecule has 0 atom stereocenters. The van der Waals surface area contributed by atoms with Crippen LogP contribution in [0.4, 0.5) is 0 Å². The molecule has 0 aromatic heterocycles. The Hall–Kier alpha value is -1.36. The Morgan fingerprint density at radius 3 is 2.35 bits per heavy atom. The molecule has 1 saturated carbocycles. The van der Waals surface area contributed by atoms with Gasteiger partial charge in [-0.2, -0.15) is 0 Å². The number of hydrogen-bond donors (Lipinski definition) is 1. The van der Waals surface area contributed by atoms with Crippen LogP contribution in [0, 0.1) is 5.92 Å². The zero-order valence-corrected chi connectivity index (χ0v) is 12.7. The van der Waals surface area contributed by atoms with E-state index in [1.54, 1.807) is 13.0 Å². The van der Waals surface area contributed by atoms with Crippen molar-refractivity contribution in [3.8, 4) is 0 Å². The zero-order valence-electron chi connectivity index (χ0n) is 11.8. The highest BCUT2D eigenvalue weighted by atomic mass is 32.2. The van der Waals surface area contributed by atoms with E-state index in [-0.39, 0.29) is 22.1 Å². The van der Waals surface area contributed by atoms with E-state index >= 15 is 0 Å². The van der Waals surface area contributed by atoms with Crippen molar-refractivity contribution in [3.63, 3.8) is 0 Å². The topological polar surface area (TPSA) is 71.4 Å². The van der Waals surface area contributed by atoms with Crippen LogP contribution in [-0.2, 0) is 22.7 Å². The average molecular weight is 296 g/mol. The molecule has 110 valence electrons. The van der Waals surface area contributed by atoms with Gasteiger partial charge in [-0.1, -0.05) is 19.9 Å². The minimum Gasteiger partial charge on any atom is -0.478 e. The lowest BCUT2D eigenvalue weighted by Gasteiger charge is -2.16. The highest BCUT2D eigenvalue weighted by molar-refractivity contribution is 7.91. The van der Waals surface area contributed by atoms with Gasteiger partial charge in [-0.15, -0.1) is 0 Å². The zero-order chi connectivity index (χ0) is 14.9. The predicted molar refractivity (Wildman–Crippen MR) is 76.9 cm³/mol. The Balaban J connectivity index is 2.63. The van der Waals surface area contributed by atoms with E-state index in [2.05, 4.69) is 0 Å². The normalized spacial score (nSPS) is 15.3. The van der Waals surface area contributed by atoms with Gasteiger partial charge in [-0.05, 0) is 48.8 Å². The second kappa shape index (κ2) is 5.56. The van der Waals surface area contributed by atoms with Crippen LogP contribution < -0.4 is 0 Å². The number of carboxylic acid groups (broad SMARTS) is 1. The van der Waals surface area contributed by atoms with Crippen molar-refractivity contribution in [1.82, 2.24) is 0 Å². The monoisotopic (exact) mass is 296 g/mol. The van der Waals surface area contributed by atoms with Gasteiger partial charge in [0.1, 0.15) is 0 Å². The van der Waals surface area contributed by atoms with Crippen LogP contribution in [-0.4, -0.2) is 25.2 Å². The molecule has 0 heterocycles. The van der Waals surface area contributed by atoms with Crippen molar-refractivity contribution in [3.05, 3.63) is 28.8 Å². The van der Waals surface area contributed by atoms with E-state index in [1.165, 1.54) is 6.07 Å². The van der Waals surface area contributed by atoms with Gasteiger partial charge in [0, 0.05) is 0 Å². The van der Waals surface area contributed by atoms with Gasteiger partial charge in [0.2, 0.25) is 0 Å². The summed E-state index contributed by atoms with van der Waals surface area (Å²) in [5.41, 5.74) is 1.30. The SMILES string of the molecule is CCc1ccc(C(=O)O)c(CC)c1S(=O)(=O)CC1CC1. The Bertz CT molecular complexity index is 628. The Kier molecular flexibility index (Phi) is 4.18. The number of carbonyl (C=O) groups is 1. The maximum Gasteiger partial charge on any atom is 0.336 e.